The number of rotatable bonds is 3. The molecule has 1 aromatic carbocycles. The molecule has 0 amide bonds. The Balaban J connectivity index is 2.29. The van der Waals surface area contributed by atoms with E-state index in [1.807, 2.05) is 19.0 Å². The first-order chi connectivity index (χ1) is 8.90. The van der Waals surface area contributed by atoms with Crippen LogP contribution in [0.4, 0.5) is 20.2 Å². The van der Waals surface area contributed by atoms with Crippen LogP contribution in [0.15, 0.2) is 12.1 Å². The lowest BCUT2D eigenvalue weighted by Gasteiger charge is -2.22. The molecule has 0 N–H and O–H groups in total. The van der Waals surface area contributed by atoms with Crippen molar-refractivity contribution >= 4 is 11.4 Å². The summed E-state index contributed by atoms with van der Waals surface area (Å²) in [5.74, 6) is -1.77. The van der Waals surface area contributed by atoms with E-state index in [4.69, 9.17) is 0 Å². The second-order valence-electron chi connectivity index (χ2n) is 4.87. The average molecular weight is 271 g/mol. The van der Waals surface area contributed by atoms with Crippen molar-refractivity contribution < 1.29 is 13.7 Å². The van der Waals surface area contributed by atoms with Crippen molar-refractivity contribution in [1.29, 1.82) is 0 Å². The minimum absolute atomic E-state index is 0.171. The maximum Gasteiger partial charge on any atom is 0.275 e. The van der Waals surface area contributed by atoms with E-state index in [0.29, 0.717) is 13.1 Å². The van der Waals surface area contributed by atoms with Gasteiger partial charge >= 0.3 is 0 Å². The highest BCUT2D eigenvalue weighted by molar-refractivity contribution is 5.54. The second kappa shape index (κ2) is 5.08. The molecule has 7 heteroatoms. The molecule has 1 aliphatic rings. The number of nitro groups is 1. The zero-order valence-electron chi connectivity index (χ0n) is 10.8. The smallest absolute Gasteiger partial charge is 0.275 e. The van der Waals surface area contributed by atoms with Gasteiger partial charge in [0.15, 0.2) is 11.6 Å². The zero-order chi connectivity index (χ0) is 14.2. The summed E-state index contributed by atoms with van der Waals surface area (Å²) in [6, 6.07) is 1.76. The van der Waals surface area contributed by atoms with E-state index in [1.165, 1.54) is 0 Å². The minimum atomic E-state index is -0.883. The van der Waals surface area contributed by atoms with Crippen LogP contribution < -0.4 is 4.90 Å². The van der Waals surface area contributed by atoms with Crippen molar-refractivity contribution in [3.63, 3.8) is 0 Å². The summed E-state index contributed by atoms with van der Waals surface area (Å²) in [4.78, 5) is 13.3. The van der Waals surface area contributed by atoms with E-state index in [1.54, 1.807) is 4.90 Å². The monoisotopic (exact) mass is 271 g/mol. The lowest BCUT2D eigenvalue weighted by Crippen LogP contribution is -2.32. The molecular formula is C12H15F2N3O2. The molecule has 1 unspecified atom stereocenters. The van der Waals surface area contributed by atoms with Crippen molar-refractivity contribution in [3.05, 3.63) is 33.9 Å². The molecule has 0 spiro atoms. The fourth-order valence-corrected chi connectivity index (χ4v) is 2.33. The molecule has 0 saturated carbocycles. The summed E-state index contributed by atoms with van der Waals surface area (Å²) < 4.78 is 27.7. The number of benzene rings is 1. The molecule has 1 aliphatic heterocycles. The minimum Gasteiger partial charge on any atom is -0.365 e. The molecule has 0 bridgehead atoms. The van der Waals surface area contributed by atoms with Gasteiger partial charge in [-0.05, 0) is 20.5 Å². The highest BCUT2D eigenvalue weighted by Crippen LogP contribution is 2.31. The van der Waals surface area contributed by atoms with Gasteiger partial charge in [0.25, 0.3) is 5.69 Å². The largest absolute Gasteiger partial charge is 0.365 e. The summed E-state index contributed by atoms with van der Waals surface area (Å²) in [5, 5.41) is 10.5. The van der Waals surface area contributed by atoms with Gasteiger partial charge in [-0.3, -0.25) is 10.1 Å². The molecule has 1 aromatic rings. The van der Waals surface area contributed by atoms with Crippen LogP contribution in [0.1, 0.15) is 6.42 Å². The molecule has 1 atom stereocenters. The molecule has 1 heterocycles. The van der Waals surface area contributed by atoms with Crippen molar-refractivity contribution in [2.24, 2.45) is 0 Å². The Morgan fingerprint density at radius 2 is 1.95 bits per heavy atom. The topological polar surface area (TPSA) is 49.6 Å². The maximum absolute atomic E-state index is 13.9. The van der Waals surface area contributed by atoms with Gasteiger partial charge in [0.1, 0.15) is 5.69 Å². The van der Waals surface area contributed by atoms with Crippen LogP contribution in [0.25, 0.3) is 0 Å². The number of likely N-dealkylation sites (N-methyl/N-ethyl adjacent to an activating group) is 1. The summed E-state index contributed by atoms with van der Waals surface area (Å²) in [6.45, 7) is 1.05. The van der Waals surface area contributed by atoms with E-state index in [2.05, 4.69) is 0 Å². The van der Waals surface area contributed by atoms with Crippen LogP contribution in [0.2, 0.25) is 0 Å². The lowest BCUT2D eigenvalue weighted by atomic mass is 10.2. The van der Waals surface area contributed by atoms with E-state index < -0.39 is 22.2 Å². The number of halogens is 2. The highest BCUT2D eigenvalue weighted by Gasteiger charge is 2.29. The number of hydrogen-bond donors (Lipinski definition) is 0. The highest BCUT2D eigenvalue weighted by atomic mass is 19.1. The molecule has 5 nitrogen and oxygen atoms in total. The Morgan fingerprint density at radius 3 is 2.37 bits per heavy atom. The predicted molar refractivity (Wildman–Crippen MR) is 67.3 cm³/mol. The zero-order valence-corrected chi connectivity index (χ0v) is 10.8. The predicted octanol–water partition coefficient (Wildman–Crippen LogP) is 2.01. The van der Waals surface area contributed by atoms with Crippen LogP contribution in [0, 0.1) is 21.7 Å². The number of anilines is 1. The van der Waals surface area contributed by atoms with Gasteiger partial charge < -0.3 is 9.80 Å². The molecule has 0 aliphatic carbocycles. The average Bonchev–Trinajstić information content (AvgIpc) is 2.77. The first-order valence-electron chi connectivity index (χ1n) is 5.95. The van der Waals surface area contributed by atoms with Crippen molar-refractivity contribution in [2.45, 2.75) is 12.5 Å². The Kier molecular flexibility index (Phi) is 3.66. The van der Waals surface area contributed by atoms with Gasteiger partial charge in [-0.2, -0.15) is 0 Å². The van der Waals surface area contributed by atoms with Gasteiger partial charge in [-0.1, -0.05) is 0 Å². The lowest BCUT2D eigenvalue weighted by molar-refractivity contribution is -0.385. The summed E-state index contributed by atoms with van der Waals surface area (Å²) in [7, 11) is 3.83. The van der Waals surface area contributed by atoms with Gasteiger partial charge in [0.2, 0.25) is 0 Å². The summed E-state index contributed by atoms with van der Waals surface area (Å²) in [5.41, 5.74) is -0.739. The fourth-order valence-electron chi connectivity index (χ4n) is 2.33. The van der Waals surface area contributed by atoms with Crippen LogP contribution >= 0.6 is 0 Å². The Labute approximate surface area is 109 Å². The Bertz CT molecular complexity index is 485. The van der Waals surface area contributed by atoms with Gasteiger partial charge in [0, 0.05) is 19.1 Å². The Morgan fingerprint density at radius 1 is 1.37 bits per heavy atom. The molecule has 0 aromatic heterocycles. The van der Waals surface area contributed by atoms with Crippen molar-refractivity contribution in [3.8, 4) is 0 Å². The van der Waals surface area contributed by atoms with Gasteiger partial charge in [-0.15, -0.1) is 0 Å². The number of nitro benzene ring substituents is 1. The normalized spacial score (nSPS) is 19.2. The van der Waals surface area contributed by atoms with Crippen molar-refractivity contribution in [2.75, 3.05) is 32.1 Å². The fraction of sp³-hybridized carbons (Fsp3) is 0.500. The van der Waals surface area contributed by atoms with Gasteiger partial charge in [-0.25, -0.2) is 8.78 Å². The molecule has 2 rings (SSSR count). The quantitative estimate of drug-likeness (QED) is 0.623. The third-order valence-electron chi connectivity index (χ3n) is 3.42. The third-order valence-corrected chi connectivity index (χ3v) is 3.42. The first kappa shape index (κ1) is 13.7. The summed E-state index contributed by atoms with van der Waals surface area (Å²) >= 11 is 0. The van der Waals surface area contributed by atoms with E-state index in [-0.39, 0.29) is 11.7 Å². The standard InChI is InChI=1S/C12H15F2N3O2/c1-15(2)8-3-4-16(7-8)12-10(13)5-9(17(18)19)6-11(12)14/h5-6,8H,3-4,7H2,1-2H3. The molecule has 1 saturated heterocycles. The van der Waals surface area contributed by atoms with Crippen LogP contribution in [0.3, 0.4) is 0 Å². The molecule has 19 heavy (non-hydrogen) atoms. The van der Waals surface area contributed by atoms with Crippen molar-refractivity contribution in [1.82, 2.24) is 4.90 Å². The molecule has 104 valence electrons. The van der Waals surface area contributed by atoms with Gasteiger partial charge in [0.05, 0.1) is 17.1 Å². The number of non-ortho nitro benzene ring substituents is 1. The number of nitrogens with zero attached hydrogens (tertiary/aromatic N) is 3. The molecule has 1 fully saturated rings. The van der Waals surface area contributed by atoms with E-state index in [0.717, 1.165) is 18.6 Å². The van der Waals surface area contributed by atoms with E-state index >= 15 is 0 Å². The molecular weight excluding hydrogens is 256 g/mol. The second-order valence-corrected chi connectivity index (χ2v) is 4.87. The molecule has 0 radical (unpaired) electrons. The Hall–Kier alpha value is -1.76. The SMILES string of the molecule is CN(C)C1CCN(c2c(F)cc([N+](=O)[O-])cc2F)C1. The van der Waals surface area contributed by atoms with E-state index in [9.17, 15) is 18.9 Å². The van der Waals surface area contributed by atoms with Crippen LogP contribution in [0.5, 0.6) is 0 Å². The first-order valence-corrected chi connectivity index (χ1v) is 5.95. The third kappa shape index (κ3) is 2.65. The summed E-state index contributed by atoms with van der Waals surface area (Å²) in [6.07, 6.45) is 0.808. The maximum atomic E-state index is 13.9. The number of hydrogen-bond acceptors (Lipinski definition) is 4. The van der Waals surface area contributed by atoms with Crippen LogP contribution in [-0.2, 0) is 0 Å². The van der Waals surface area contributed by atoms with Crippen LogP contribution in [-0.4, -0.2) is 43.0 Å².